The summed E-state index contributed by atoms with van der Waals surface area (Å²) in [5.41, 5.74) is 3.84. The molecule has 0 radical (unpaired) electrons. The van der Waals surface area contributed by atoms with E-state index in [2.05, 4.69) is 56.3 Å². The second-order valence-corrected chi connectivity index (χ2v) is 14.0. The lowest BCUT2D eigenvalue weighted by Crippen LogP contribution is -2.46. The van der Waals surface area contributed by atoms with Gasteiger partial charge in [0.1, 0.15) is 31.1 Å². The Morgan fingerprint density at radius 1 is 0.940 bits per heavy atom. The third-order valence-electron chi connectivity index (χ3n) is 9.34. The van der Waals surface area contributed by atoms with Crippen molar-refractivity contribution >= 4 is 34.7 Å². The standard InChI is InChI=1S/C36H41ClN8O4S/c1-4-26(2)44-25-39-45(35(44)46)31-11-9-29(10-12-31)42-17-19-43(20-18-42)30-13-15-32(16-14-30)47-21-33-22-48-36(49-33,27-5-7-28(37)8-6-27)23-50-34-40-38-24-41(34)3/h5-16,24-26,33H,4,17-23H2,1-3H3/t26?,33-,36-/m1/s1. The summed E-state index contributed by atoms with van der Waals surface area (Å²) in [4.78, 5) is 17.6. The molecular formula is C36H41ClN8O4S. The molecule has 2 aliphatic rings. The van der Waals surface area contributed by atoms with Gasteiger partial charge >= 0.3 is 5.69 Å². The predicted molar refractivity (Wildman–Crippen MR) is 195 cm³/mol. The van der Waals surface area contributed by atoms with E-state index >= 15 is 0 Å². The summed E-state index contributed by atoms with van der Waals surface area (Å²) in [6, 6.07) is 24.0. The highest BCUT2D eigenvalue weighted by Crippen LogP contribution is 2.39. The number of aryl methyl sites for hydroxylation is 1. The molecule has 50 heavy (non-hydrogen) atoms. The third kappa shape index (κ3) is 7.27. The highest BCUT2D eigenvalue weighted by molar-refractivity contribution is 7.99. The molecule has 3 atom stereocenters. The second kappa shape index (κ2) is 14.9. The van der Waals surface area contributed by atoms with Gasteiger partial charge in [-0.3, -0.25) is 4.57 Å². The fourth-order valence-corrected chi connectivity index (χ4v) is 7.30. The topological polar surface area (TPSA) is 105 Å². The highest BCUT2D eigenvalue weighted by Gasteiger charge is 2.44. The van der Waals surface area contributed by atoms with Crippen LogP contribution in [0.4, 0.5) is 11.4 Å². The van der Waals surface area contributed by atoms with E-state index in [1.807, 2.05) is 67.1 Å². The Morgan fingerprint density at radius 2 is 1.58 bits per heavy atom. The zero-order valence-electron chi connectivity index (χ0n) is 28.4. The van der Waals surface area contributed by atoms with Crippen molar-refractivity contribution in [3.8, 4) is 11.4 Å². The van der Waals surface area contributed by atoms with Gasteiger partial charge in [0.05, 0.1) is 18.0 Å². The molecule has 0 saturated carbocycles. The van der Waals surface area contributed by atoms with Crippen LogP contribution in [0.5, 0.6) is 5.75 Å². The number of anilines is 2. The fourth-order valence-electron chi connectivity index (χ4n) is 6.19. The van der Waals surface area contributed by atoms with Crippen LogP contribution < -0.4 is 20.2 Å². The first-order valence-electron chi connectivity index (χ1n) is 16.9. The molecule has 0 bridgehead atoms. The molecule has 2 aliphatic heterocycles. The maximum atomic E-state index is 12.8. The van der Waals surface area contributed by atoms with Gasteiger partial charge in [-0.05, 0) is 74.0 Å². The van der Waals surface area contributed by atoms with Crippen molar-refractivity contribution in [2.24, 2.45) is 7.05 Å². The average molecular weight is 717 g/mol. The second-order valence-electron chi connectivity index (χ2n) is 12.6. The molecule has 1 unspecified atom stereocenters. The van der Waals surface area contributed by atoms with Gasteiger partial charge < -0.3 is 28.6 Å². The Morgan fingerprint density at radius 3 is 2.20 bits per heavy atom. The molecular weight excluding hydrogens is 676 g/mol. The number of ether oxygens (including phenoxy) is 3. The maximum Gasteiger partial charge on any atom is 0.350 e. The van der Waals surface area contributed by atoms with Crippen LogP contribution in [0.15, 0.2) is 95.4 Å². The molecule has 12 nitrogen and oxygen atoms in total. The first kappa shape index (κ1) is 34.2. The van der Waals surface area contributed by atoms with Gasteiger partial charge in [0, 0.05) is 61.2 Å². The monoisotopic (exact) mass is 716 g/mol. The van der Waals surface area contributed by atoms with Crippen LogP contribution in [0.1, 0.15) is 31.9 Å². The number of thioether (sulfide) groups is 1. The maximum absolute atomic E-state index is 12.8. The van der Waals surface area contributed by atoms with Crippen LogP contribution in [0, 0.1) is 0 Å². The van der Waals surface area contributed by atoms with E-state index in [0.29, 0.717) is 24.0 Å². The number of aromatic nitrogens is 6. The average Bonchev–Trinajstić information content (AvgIpc) is 3.88. The van der Waals surface area contributed by atoms with Gasteiger partial charge in [0.15, 0.2) is 5.16 Å². The minimum absolute atomic E-state index is 0.112. The predicted octanol–water partition coefficient (Wildman–Crippen LogP) is 5.55. The van der Waals surface area contributed by atoms with Gasteiger partial charge in [-0.15, -0.1) is 10.2 Å². The SMILES string of the molecule is CCC(C)n1cnn(-c2ccc(N3CCN(c4ccc(OC[C@@H]5CO[C@@](CSc6nncn6C)(c6ccc(Cl)cc6)O5)cc4)CC3)cc2)c1=O. The third-order valence-corrected chi connectivity index (χ3v) is 10.7. The Balaban J connectivity index is 0.914. The lowest BCUT2D eigenvalue weighted by atomic mass is 10.1. The summed E-state index contributed by atoms with van der Waals surface area (Å²) in [5.74, 6) is 0.318. The molecule has 3 aromatic carbocycles. The van der Waals surface area contributed by atoms with Gasteiger partial charge in [-0.2, -0.15) is 9.78 Å². The summed E-state index contributed by atoms with van der Waals surface area (Å²) in [7, 11) is 1.91. The van der Waals surface area contributed by atoms with E-state index in [4.69, 9.17) is 25.8 Å². The summed E-state index contributed by atoms with van der Waals surface area (Å²) in [6.45, 7) is 8.42. The van der Waals surface area contributed by atoms with Crippen LogP contribution in [0.25, 0.3) is 5.69 Å². The van der Waals surface area contributed by atoms with Crippen molar-refractivity contribution in [3.63, 3.8) is 0 Å². The van der Waals surface area contributed by atoms with Gasteiger partial charge in [-0.1, -0.05) is 42.4 Å². The van der Waals surface area contributed by atoms with Crippen LogP contribution in [0.2, 0.25) is 5.02 Å². The number of nitrogens with zero attached hydrogens (tertiary/aromatic N) is 8. The number of hydrogen-bond donors (Lipinski definition) is 0. The normalized spacial score (nSPS) is 20.0. The van der Waals surface area contributed by atoms with Crippen molar-refractivity contribution in [1.82, 2.24) is 29.1 Å². The summed E-state index contributed by atoms with van der Waals surface area (Å²) in [6.07, 6.45) is 3.92. The van der Waals surface area contributed by atoms with Gasteiger partial charge in [0.2, 0.25) is 5.79 Å². The first-order valence-corrected chi connectivity index (χ1v) is 18.2. The Labute approximate surface area is 300 Å². The molecule has 4 heterocycles. The molecule has 0 N–H and O–H groups in total. The summed E-state index contributed by atoms with van der Waals surface area (Å²) < 4.78 is 24.1. The number of halogens is 1. The molecule has 7 rings (SSSR count). The summed E-state index contributed by atoms with van der Waals surface area (Å²) in [5, 5.41) is 13.9. The lowest BCUT2D eigenvalue weighted by molar-refractivity contribution is -0.160. The minimum atomic E-state index is -0.959. The molecule has 5 aromatic rings. The Kier molecular flexibility index (Phi) is 10.2. The number of rotatable bonds is 12. The van der Waals surface area contributed by atoms with E-state index in [9.17, 15) is 4.79 Å². The van der Waals surface area contributed by atoms with Crippen molar-refractivity contribution < 1.29 is 14.2 Å². The zero-order chi connectivity index (χ0) is 34.7. The van der Waals surface area contributed by atoms with Crippen molar-refractivity contribution in [3.05, 3.63) is 107 Å². The molecule has 2 aromatic heterocycles. The number of piperazine rings is 1. The number of hydrogen-bond acceptors (Lipinski definition) is 10. The molecule has 0 aliphatic carbocycles. The fraction of sp³-hybridized carbons (Fsp3) is 0.389. The van der Waals surface area contributed by atoms with E-state index in [0.717, 1.165) is 66.1 Å². The van der Waals surface area contributed by atoms with E-state index in [1.54, 1.807) is 17.2 Å². The minimum Gasteiger partial charge on any atom is -0.491 e. The summed E-state index contributed by atoms with van der Waals surface area (Å²) >= 11 is 7.70. The van der Waals surface area contributed by atoms with Crippen molar-refractivity contribution in [2.45, 2.75) is 43.4 Å². The van der Waals surface area contributed by atoms with Crippen LogP contribution in [-0.2, 0) is 22.3 Å². The largest absolute Gasteiger partial charge is 0.491 e. The molecule has 262 valence electrons. The van der Waals surface area contributed by atoms with Crippen molar-refractivity contribution in [1.29, 1.82) is 0 Å². The van der Waals surface area contributed by atoms with Crippen molar-refractivity contribution in [2.75, 3.05) is 54.9 Å². The molecule has 2 fully saturated rings. The smallest absolute Gasteiger partial charge is 0.350 e. The van der Waals surface area contributed by atoms with Gasteiger partial charge in [-0.25, -0.2) is 4.79 Å². The molecule has 0 spiro atoms. The van der Waals surface area contributed by atoms with E-state index in [-0.39, 0.29) is 17.8 Å². The highest BCUT2D eigenvalue weighted by atomic mass is 35.5. The van der Waals surface area contributed by atoms with E-state index in [1.165, 1.54) is 16.4 Å². The van der Waals surface area contributed by atoms with Gasteiger partial charge in [0.25, 0.3) is 0 Å². The van der Waals surface area contributed by atoms with Crippen LogP contribution >= 0.6 is 23.4 Å². The van der Waals surface area contributed by atoms with E-state index < -0.39 is 5.79 Å². The first-order chi connectivity index (χ1) is 24.3. The Bertz CT molecular complexity index is 1920. The zero-order valence-corrected chi connectivity index (χ0v) is 30.0. The molecule has 14 heteroatoms. The lowest BCUT2D eigenvalue weighted by Gasteiger charge is -2.37. The molecule has 2 saturated heterocycles. The van der Waals surface area contributed by atoms with Crippen LogP contribution in [-0.4, -0.2) is 80.4 Å². The quantitative estimate of drug-likeness (QED) is 0.153. The number of benzene rings is 3. The Hall–Kier alpha value is -4.30. The molecule has 0 amide bonds. The van der Waals surface area contributed by atoms with Crippen LogP contribution in [0.3, 0.4) is 0 Å².